The molecule has 2 nitrogen and oxygen atoms in total. The highest BCUT2D eigenvalue weighted by Gasteiger charge is 2.24. The molecule has 78 valence electrons. The molecule has 0 aliphatic heterocycles. The van der Waals surface area contributed by atoms with Crippen molar-refractivity contribution in [2.45, 2.75) is 32.7 Å². The van der Waals surface area contributed by atoms with E-state index in [1.807, 2.05) is 12.1 Å². The van der Waals surface area contributed by atoms with Gasteiger partial charge in [-0.15, -0.1) is 0 Å². The van der Waals surface area contributed by atoms with Gasteiger partial charge in [0.1, 0.15) is 0 Å². The highest BCUT2D eigenvalue weighted by atomic mass is 79.9. The van der Waals surface area contributed by atoms with E-state index in [0.29, 0.717) is 5.92 Å². The van der Waals surface area contributed by atoms with E-state index in [0.717, 1.165) is 16.6 Å². The van der Waals surface area contributed by atoms with Gasteiger partial charge in [-0.25, -0.2) is 0 Å². The molecule has 1 rings (SSSR count). The van der Waals surface area contributed by atoms with Crippen LogP contribution in [0.15, 0.2) is 22.8 Å². The fourth-order valence-electron chi connectivity index (χ4n) is 1.11. The summed E-state index contributed by atoms with van der Waals surface area (Å²) in [5.74, 6) is 0.441. The Morgan fingerprint density at radius 3 is 2.71 bits per heavy atom. The highest BCUT2D eigenvalue weighted by molar-refractivity contribution is 9.10. The predicted molar refractivity (Wildman–Crippen MR) is 63.1 cm³/mol. The van der Waals surface area contributed by atoms with E-state index in [4.69, 9.17) is 5.73 Å². The third kappa shape index (κ3) is 2.79. The monoisotopic (exact) mass is 256 g/mol. The van der Waals surface area contributed by atoms with E-state index in [9.17, 15) is 0 Å². The first-order valence-electron chi connectivity index (χ1n) is 4.82. The standard InChI is InChI=1S/C11H17BrN2/c1-8(2)11(3,13)7-10-9(12)5-4-6-14-10/h4-6,8H,7,13H2,1-3H3. The van der Waals surface area contributed by atoms with Gasteiger partial charge in [-0.2, -0.15) is 0 Å². The molecule has 1 unspecified atom stereocenters. The molecule has 0 aromatic carbocycles. The summed E-state index contributed by atoms with van der Waals surface area (Å²) < 4.78 is 1.04. The first-order chi connectivity index (χ1) is 6.43. The second-order valence-electron chi connectivity index (χ2n) is 4.27. The van der Waals surface area contributed by atoms with Crippen molar-refractivity contribution in [3.05, 3.63) is 28.5 Å². The van der Waals surface area contributed by atoms with E-state index in [1.54, 1.807) is 6.20 Å². The molecule has 2 N–H and O–H groups in total. The Labute approximate surface area is 94.0 Å². The summed E-state index contributed by atoms with van der Waals surface area (Å²) in [4.78, 5) is 4.32. The predicted octanol–water partition coefficient (Wildman–Crippen LogP) is 2.76. The molecule has 0 saturated heterocycles. The van der Waals surface area contributed by atoms with Crippen molar-refractivity contribution in [2.24, 2.45) is 11.7 Å². The zero-order valence-corrected chi connectivity index (χ0v) is 10.5. The Morgan fingerprint density at radius 2 is 2.21 bits per heavy atom. The average Bonchev–Trinajstić information content (AvgIpc) is 2.08. The van der Waals surface area contributed by atoms with E-state index < -0.39 is 0 Å². The number of aromatic nitrogens is 1. The number of hydrogen-bond donors (Lipinski definition) is 1. The molecule has 0 bridgehead atoms. The van der Waals surface area contributed by atoms with Gasteiger partial charge in [0, 0.05) is 22.6 Å². The van der Waals surface area contributed by atoms with Crippen molar-refractivity contribution >= 4 is 15.9 Å². The summed E-state index contributed by atoms with van der Waals surface area (Å²) in [6, 6.07) is 3.91. The second-order valence-corrected chi connectivity index (χ2v) is 5.12. The van der Waals surface area contributed by atoms with Gasteiger partial charge < -0.3 is 5.73 Å². The fourth-order valence-corrected chi connectivity index (χ4v) is 1.51. The molecule has 0 aliphatic carbocycles. The SMILES string of the molecule is CC(C)C(C)(N)Cc1ncccc1Br. The van der Waals surface area contributed by atoms with Crippen LogP contribution in [0.1, 0.15) is 26.5 Å². The van der Waals surface area contributed by atoms with Crippen LogP contribution in [-0.4, -0.2) is 10.5 Å². The third-order valence-corrected chi connectivity index (χ3v) is 3.42. The second kappa shape index (κ2) is 4.41. The van der Waals surface area contributed by atoms with Crippen molar-refractivity contribution in [3.8, 4) is 0 Å². The minimum Gasteiger partial charge on any atom is -0.325 e. The lowest BCUT2D eigenvalue weighted by Crippen LogP contribution is -2.44. The molecule has 0 aliphatic rings. The first-order valence-corrected chi connectivity index (χ1v) is 5.61. The summed E-state index contributed by atoms with van der Waals surface area (Å²) in [5.41, 5.74) is 7.04. The summed E-state index contributed by atoms with van der Waals surface area (Å²) in [6.45, 7) is 6.34. The molecule has 3 heteroatoms. The van der Waals surface area contributed by atoms with E-state index in [2.05, 4.69) is 41.7 Å². The van der Waals surface area contributed by atoms with Crippen molar-refractivity contribution in [1.82, 2.24) is 4.98 Å². The molecule has 0 radical (unpaired) electrons. The maximum Gasteiger partial charge on any atom is 0.0563 e. The Kier molecular flexibility index (Phi) is 3.67. The number of nitrogens with two attached hydrogens (primary N) is 1. The van der Waals surface area contributed by atoms with E-state index in [-0.39, 0.29) is 5.54 Å². The van der Waals surface area contributed by atoms with Gasteiger partial charge in [0.25, 0.3) is 0 Å². The van der Waals surface area contributed by atoms with Crippen LogP contribution in [0.2, 0.25) is 0 Å². The summed E-state index contributed by atoms with van der Waals surface area (Å²) >= 11 is 3.48. The summed E-state index contributed by atoms with van der Waals surface area (Å²) in [6.07, 6.45) is 2.60. The molecular weight excluding hydrogens is 240 g/mol. The van der Waals surface area contributed by atoms with Gasteiger partial charge in [0.05, 0.1) is 5.69 Å². The van der Waals surface area contributed by atoms with Gasteiger partial charge in [0.15, 0.2) is 0 Å². The number of rotatable bonds is 3. The van der Waals surface area contributed by atoms with Gasteiger partial charge in [-0.1, -0.05) is 13.8 Å². The van der Waals surface area contributed by atoms with Gasteiger partial charge in [-0.3, -0.25) is 4.98 Å². The zero-order chi connectivity index (χ0) is 10.8. The van der Waals surface area contributed by atoms with Crippen molar-refractivity contribution < 1.29 is 0 Å². The topological polar surface area (TPSA) is 38.9 Å². The molecule has 1 aromatic heterocycles. The molecule has 0 saturated carbocycles. The third-order valence-electron chi connectivity index (χ3n) is 2.70. The summed E-state index contributed by atoms with van der Waals surface area (Å²) in [5, 5.41) is 0. The average molecular weight is 257 g/mol. The van der Waals surface area contributed by atoms with Crippen LogP contribution in [0.25, 0.3) is 0 Å². The zero-order valence-electron chi connectivity index (χ0n) is 8.92. The van der Waals surface area contributed by atoms with Crippen molar-refractivity contribution in [2.75, 3.05) is 0 Å². The van der Waals surface area contributed by atoms with Gasteiger partial charge in [0.2, 0.25) is 0 Å². The van der Waals surface area contributed by atoms with E-state index >= 15 is 0 Å². The van der Waals surface area contributed by atoms with Crippen LogP contribution in [0.4, 0.5) is 0 Å². The van der Waals surface area contributed by atoms with Crippen LogP contribution in [0, 0.1) is 5.92 Å². The lowest BCUT2D eigenvalue weighted by molar-refractivity contribution is 0.334. The Hall–Kier alpha value is -0.410. The molecule has 14 heavy (non-hydrogen) atoms. The molecule has 0 fully saturated rings. The lowest BCUT2D eigenvalue weighted by atomic mass is 9.85. The molecule has 1 aromatic rings. The fraction of sp³-hybridized carbons (Fsp3) is 0.545. The number of nitrogens with zero attached hydrogens (tertiary/aromatic N) is 1. The molecular formula is C11H17BrN2. The summed E-state index contributed by atoms with van der Waals surface area (Å²) in [7, 11) is 0. The smallest absolute Gasteiger partial charge is 0.0563 e. The van der Waals surface area contributed by atoms with Crippen molar-refractivity contribution in [3.63, 3.8) is 0 Å². The Bertz CT molecular complexity index is 308. The molecule has 1 atom stereocenters. The van der Waals surface area contributed by atoms with Gasteiger partial charge in [-0.05, 0) is 40.9 Å². The number of halogens is 1. The van der Waals surface area contributed by atoms with Crippen molar-refractivity contribution in [1.29, 1.82) is 0 Å². The maximum atomic E-state index is 6.20. The number of pyridine rings is 1. The largest absolute Gasteiger partial charge is 0.325 e. The number of hydrogen-bond acceptors (Lipinski definition) is 2. The highest BCUT2D eigenvalue weighted by Crippen LogP contribution is 2.22. The van der Waals surface area contributed by atoms with Crippen LogP contribution in [0.5, 0.6) is 0 Å². The van der Waals surface area contributed by atoms with Crippen LogP contribution >= 0.6 is 15.9 Å². The molecule has 0 spiro atoms. The lowest BCUT2D eigenvalue weighted by Gasteiger charge is -2.29. The maximum absolute atomic E-state index is 6.20. The van der Waals surface area contributed by atoms with Gasteiger partial charge >= 0.3 is 0 Å². The molecule has 0 amide bonds. The normalized spacial score (nSPS) is 15.6. The minimum atomic E-state index is -0.198. The Morgan fingerprint density at radius 1 is 1.57 bits per heavy atom. The first kappa shape index (κ1) is 11.7. The quantitative estimate of drug-likeness (QED) is 0.904. The molecule has 1 heterocycles. The minimum absolute atomic E-state index is 0.198. The Balaban J connectivity index is 2.84. The van der Waals surface area contributed by atoms with Crippen LogP contribution in [-0.2, 0) is 6.42 Å². The van der Waals surface area contributed by atoms with Crippen LogP contribution < -0.4 is 5.73 Å². The van der Waals surface area contributed by atoms with E-state index in [1.165, 1.54) is 0 Å². The van der Waals surface area contributed by atoms with Crippen LogP contribution in [0.3, 0.4) is 0 Å².